The summed E-state index contributed by atoms with van der Waals surface area (Å²) in [6.07, 6.45) is 5.09. The topological polar surface area (TPSA) is 41.5 Å². The number of aliphatic hydroxyl groups excluding tert-OH is 1. The average molecular weight is 249 g/mol. The number of thioether (sulfide) groups is 1. The summed E-state index contributed by atoms with van der Waals surface area (Å²) in [4.78, 5) is 0. The smallest absolute Gasteiger partial charge is 0.0897 e. The van der Waals surface area contributed by atoms with Gasteiger partial charge in [0.25, 0.3) is 0 Å². The summed E-state index contributed by atoms with van der Waals surface area (Å²) < 4.78 is 5.36. The molecule has 0 bridgehead atoms. The van der Waals surface area contributed by atoms with Crippen molar-refractivity contribution in [1.82, 2.24) is 5.32 Å². The first-order chi connectivity index (χ1) is 7.70. The number of hydrogen-bond acceptors (Lipinski definition) is 4. The summed E-state index contributed by atoms with van der Waals surface area (Å²) in [5, 5.41) is 12.9. The zero-order valence-corrected chi connectivity index (χ0v) is 11.7. The van der Waals surface area contributed by atoms with Crippen molar-refractivity contribution in [2.45, 2.75) is 45.3 Å². The molecular formula is C12H27NO2S. The molecule has 0 fully saturated rings. The summed E-state index contributed by atoms with van der Waals surface area (Å²) in [7, 11) is 0. The van der Waals surface area contributed by atoms with Crippen molar-refractivity contribution in [1.29, 1.82) is 0 Å². The van der Waals surface area contributed by atoms with Crippen LogP contribution in [0.4, 0.5) is 0 Å². The molecule has 16 heavy (non-hydrogen) atoms. The van der Waals surface area contributed by atoms with Crippen LogP contribution in [0, 0.1) is 0 Å². The summed E-state index contributed by atoms with van der Waals surface area (Å²) in [5.41, 5.74) is 0. The lowest BCUT2D eigenvalue weighted by molar-refractivity contribution is 0.0348. The van der Waals surface area contributed by atoms with Gasteiger partial charge in [0.1, 0.15) is 0 Å². The second-order valence-corrected chi connectivity index (χ2v) is 5.16. The van der Waals surface area contributed by atoms with Crippen LogP contribution in [0.25, 0.3) is 0 Å². The van der Waals surface area contributed by atoms with Gasteiger partial charge in [-0.1, -0.05) is 13.3 Å². The highest BCUT2D eigenvalue weighted by Crippen LogP contribution is 1.99. The van der Waals surface area contributed by atoms with Gasteiger partial charge in [-0.2, -0.15) is 11.8 Å². The molecule has 0 aromatic carbocycles. The molecule has 0 aromatic heterocycles. The molecule has 0 amide bonds. The van der Waals surface area contributed by atoms with Crippen LogP contribution in [-0.4, -0.2) is 49.0 Å². The minimum Gasteiger partial charge on any atom is -0.389 e. The van der Waals surface area contributed by atoms with E-state index < -0.39 is 0 Å². The predicted octanol–water partition coefficient (Wildman–Crippen LogP) is 1.90. The molecule has 0 spiro atoms. The molecule has 0 aliphatic heterocycles. The van der Waals surface area contributed by atoms with Gasteiger partial charge >= 0.3 is 0 Å². The molecule has 98 valence electrons. The average Bonchev–Trinajstić information content (AvgIpc) is 2.29. The van der Waals surface area contributed by atoms with E-state index in [2.05, 4.69) is 25.4 Å². The van der Waals surface area contributed by atoms with Crippen LogP contribution in [0.15, 0.2) is 0 Å². The van der Waals surface area contributed by atoms with Crippen molar-refractivity contribution < 1.29 is 9.84 Å². The van der Waals surface area contributed by atoms with E-state index in [1.807, 2.05) is 11.8 Å². The van der Waals surface area contributed by atoms with Gasteiger partial charge in [0, 0.05) is 19.2 Å². The number of nitrogens with one attached hydrogen (secondary N) is 1. The van der Waals surface area contributed by atoms with Gasteiger partial charge in [-0.05, 0) is 31.8 Å². The van der Waals surface area contributed by atoms with Crippen molar-refractivity contribution in [2.75, 3.05) is 31.8 Å². The van der Waals surface area contributed by atoms with E-state index in [0.717, 1.165) is 31.6 Å². The number of unbranched alkanes of at least 4 members (excludes halogenated alkanes) is 1. The zero-order chi connectivity index (χ0) is 12.2. The Bertz CT molecular complexity index is 147. The first-order valence-electron chi connectivity index (χ1n) is 6.18. The number of aliphatic hydroxyl groups is 1. The fourth-order valence-corrected chi connectivity index (χ4v) is 1.85. The van der Waals surface area contributed by atoms with Gasteiger partial charge in [-0.25, -0.2) is 0 Å². The Morgan fingerprint density at radius 3 is 2.81 bits per heavy atom. The maximum atomic E-state index is 9.63. The number of ether oxygens (including phenoxy) is 1. The highest BCUT2D eigenvalue weighted by Gasteiger charge is 2.06. The van der Waals surface area contributed by atoms with Crippen molar-refractivity contribution in [3.8, 4) is 0 Å². The van der Waals surface area contributed by atoms with Gasteiger partial charge in [0.15, 0.2) is 0 Å². The van der Waals surface area contributed by atoms with Crippen LogP contribution in [0.5, 0.6) is 0 Å². The van der Waals surface area contributed by atoms with Gasteiger partial charge in [-0.15, -0.1) is 0 Å². The zero-order valence-electron chi connectivity index (χ0n) is 10.9. The molecule has 0 heterocycles. The normalized spacial score (nSPS) is 15.0. The lowest BCUT2D eigenvalue weighted by Gasteiger charge is -2.16. The fraction of sp³-hybridized carbons (Fsp3) is 1.00. The Morgan fingerprint density at radius 2 is 2.19 bits per heavy atom. The van der Waals surface area contributed by atoms with Crippen LogP contribution < -0.4 is 5.32 Å². The molecule has 3 nitrogen and oxygen atoms in total. The summed E-state index contributed by atoms with van der Waals surface area (Å²) in [5.74, 6) is 1.16. The first-order valence-corrected chi connectivity index (χ1v) is 7.58. The van der Waals surface area contributed by atoms with Crippen LogP contribution in [0.2, 0.25) is 0 Å². The monoisotopic (exact) mass is 249 g/mol. The predicted molar refractivity (Wildman–Crippen MR) is 72.2 cm³/mol. The number of rotatable bonds is 11. The fourth-order valence-electron chi connectivity index (χ4n) is 1.26. The van der Waals surface area contributed by atoms with E-state index in [0.29, 0.717) is 19.2 Å². The molecule has 0 saturated heterocycles. The Balaban J connectivity index is 3.31. The molecule has 4 heteroatoms. The standard InChI is InChI=1S/C12H27NO2S/c1-4-5-7-15-10-12(14)9-13-11(2)6-8-16-3/h11-14H,4-10H2,1-3H3. The lowest BCUT2D eigenvalue weighted by atomic mass is 10.2. The third-order valence-corrected chi connectivity index (χ3v) is 3.05. The molecule has 0 aliphatic rings. The van der Waals surface area contributed by atoms with E-state index in [9.17, 15) is 5.11 Å². The van der Waals surface area contributed by atoms with Gasteiger partial charge in [0.05, 0.1) is 12.7 Å². The minimum atomic E-state index is -0.381. The first kappa shape index (κ1) is 16.2. The molecule has 0 saturated carbocycles. The second-order valence-electron chi connectivity index (χ2n) is 4.17. The SMILES string of the molecule is CCCCOCC(O)CNC(C)CCSC. The maximum Gasteiger partial charge on any atom is 0.0897 e. The van der Waals surface area contributed by atoms with Gasteiger partial charge < -0.3 is 15.2 Å². The largest absolute Gasteiger partial charge is 0.389 e. The molecule has 2 N–H and O–H groups in total. The Morgan fingerprint density at radius 1 is 1.44 bits per heavy atom. The summed E-state index contributed by atoms with van der Waals surface area (Å²) >= 11 is 1.86. The van der Waals surface area contributed by atoms with Crippen LogP contribution in [-0.2, 0) is 4.74 Å². The minimum absolute atomic E-state index is 0.381. The second kappa shape index (κ2) is 11.7. The molecule has 0 rings (SSSR count). The van der Waals surface area contributed by atoms with Crippen LogP contribution in [0.1, 0.15) is 33.1 Å². The summed E-state index contributed by atoms with van der Waals surface area (Å²) in [6, 6.07) is 0.470. The van der Waals surface area contributed by atoms with Crippen LogP contribution >= 0.6 is 11.8 Å². The third-order valence-electron chi connectivity index (χ3n) is 2.41. The highest BCUT2D eigenvalue weighted by atomic mass is 32.2. The Hall–Kier alpha value is 0.230. The molecule has 0 radical (unpaired) electrons. The van der Waals surface area contributed by atoms with Crippen molar-refractivity contribution in [3.05, 3.63) is 0 Å². The van der Waals surface area contributed by atoms with Crippen molar-refractivity contribution in [3.63, 3.8) is 0 Å². The van der Waals surface area contributed by atoms with Crippen molar-refractivity contribution in [2.24, 2.45) is 0 Å². The molecule has 2 unspecified atom stereocenters. The molecule has 2 atom stereocenters. The quantitative estimate of drug-likeness (QED) is 0.549. The molecular weight excluding hydrogens is 222 g/mol. The van der Waals surface area contributed by atoms with E-state index in [4.69, 9.17) is 4.74 Å². The third kappa shape index (κ3) is 10.7. The highest BCUT2D eigenvalue weighted by molar-refractivity contribution is 7.98. The van der Waals surface area contributed by atoms with E-state index in [1.165, 1.54) is 0 Å². The Labute approximate surface area is 104 Å². The number of hydrogen-bond donors (Lipinski definition) is 2. The van der Waals surface area contributed by atoms with Gasteiger partial charge in [-0.3, -0.25) is 0 Å². The Kier molecular flexibility index (Phi) is 11.9. The van der Waals surface area contributed by atoms with Crippen molar-refractivity contribution >= 4 is 11.8 Å². The lowest BCUT2D eigenvalue weighted by Crippen LogP contribution is -2.36. The van der Waals surface area contributed by atoms with Gasteiger partial charge in [0.2, 0.25) is 0 Å². The van der Waals surface area contributed by atoms with E-state index in [-0.39, 0.29) is 6.10 Å². The summed E-state index contributed by atoms with van der Waals surface area (Å²) in [6.45, 7) is 6.12. The molecule has 0 aromatic rings. The molecule has 0 aliphatic carbocycles. The van der Waals surface area contributed by atoms with E-state index in [1.54, 1.807) is 0 Å². The van der Waals surface area contributed by atoms with Crippen LogP contribution in [0.3, 0.4) is 0 Å². The maximum absolute atomic E-state index is 9.63. The van der Waals surface area contributed by atoms with E-state index >= 15 is 0 Å².